The van der Waals surface area contributed by atoms with Crippen molar-refractivity contribution in [3.05, 3.63) is 84.3 Å². The van der Waals surface area contributed by atoms with Crippen LogP contribution in [-0.2, 0) is 16.1 Å². The van der Waals surface area contributed by atoms with Gasteiger partial charge in [0.2, 0.25) is 5.91 Å². The summed E-state index contributed by atoms with van der Waals surface area (Å²) >= 11 is 0. The number of urea groups is 1. The van der Waals surface area contributed by atoms with E-state index in [1.165, 1.54) is 11.2 Å². The zero-order valence-corrected chi connectivity index (χ0v) is 16.4. The third kappa shape index (κ3) is 3.96. The fourth-order valence-corrected chi connectivity index (χ4v) is 3.42. The first-order valence-corrected chi connectivity index (χ1v) is 9.61. The minimum Gasteiger partial charge on any atom is -0.467 e. The molecule has 1 aliphatic heterocycles. The molecule has 2 aromatic carbocycles. The maximum absolute atomic E-state index is 13.2. The lowest BCUT2D eigenvalue weighted by Crippen LogP contribution is -2.37. The van der Waals surface area contributed by atoms with Crippen molar-refractivity contribution in [1.82, 2.24) is 4.90 Å². The van der Waals surface area contributed by atoms with Crippen LogP contribution in [0.2, 0.25) is 0 Å². The van der Waals surface area contributed by atoms with Gasteiger partial charge in [0.25, 0.3) is 5.91 Å². The quantitative estimate of drug-likeness (QED) is 0.632. The maximum Gasteiger partial charge on any atom is 0.332 e. The first kappa shape index (κ1) is 19.4. The largest absolute Gasteiger partial charge is 0.467 e. The molecule has 7 nitrogen and oxygen atoms in total. The predicted molar refractivity (Wildman–Crippen MR) is 112 cm³/mol. The Morgan fingerprint density at radius 1 is 1.00 bits per heavy atom. The first-order chi connectivity index (χ1) is 14.5. The number of hydrogen-bond donors (Lipinski definition) is 1. The molecule has 2 heterocycles. The normalized spacial score (nSPS) is 16.2. The molecule has 1 N–H and O–H groups in total. The van der Waals surface area contributed by atoms with Crippen molar-refractivity contribution >= 4 is 29.2 Å². The highest BCUT2D eigenvalue weighted by atomic mass is 16.3. The molecule has 1 aliphatic rings. The summed E-state index contributed by atoms with van der Waals surface area (Å²) in [7, 11) is 0. The molecule has 4 amide bonds. The molecule has 0 bridgehead atoms. The van der Waals surface area contributed by atoms with E-state index in [0.29, 0.717) is 17.1 Å². The molecule has 4 rings (SSSR count). The lowest BCUT2D eigenvalue weighted by Gasteiger charge is -2.20. The van der Waals surface area contributed by atoms with Crippen LogP contribution in [0.25, 0.3) is 0 Å². The number of rotatable bonds is 6. The van der Waals surface area contributed by atoms with Crippen molar-refractivity contribution in [3.63, 3.8) is 0 Å². The molecule has 0 saturated carbocycles. The molecular formula is C23H21N3O4. The van der Waals surface area contributed by atoms with Crippen LogP contribution in [0.1, 0.15) is 17.7 Å². The summed E-state index contributed by atoms with van der Waals surface area (Å²) in [6, 6.07) is 18.2. The summed E-state index contributed by atoms with van der Waals surface area (Å²) in [6.07, 6.45) is 1.36. The van der Waals surface area contributed by atoms with Crippen LogP contribution in [0.5, 0.6) is 0 Å². The standard InChI is InChI=1S/C23H21N3O4/c1-16-9-11-18(12-10-16)26-22(28)20(14-21(27)24-17-6-3-2-4-7-17)25(23(26)29)15-19-8-5-13-30-19/h2-13,20H,14-15H2,1H3,(H,24,27)/t20-/m0/s1. The van der Waals surface area contributed by atoms with Gasteiger partial charge in [-0.25, -0.2) is 9.69 Å². The van der Waals surface area contributed by atoms with Crippen molar-refractivity contribution < 1.29 is 18.8 Å². The molecule has 7 heteroatoms. The van der Waals surface area contributed by atoms with Crippen molar-refractivity contribution in [2.75, 3.05) is 10.2 Å². The number of benzene rings is 2. The number of carbonyl (C=O) groups is 3. The van der Waals surface area contributed by atoms with Gasteiger partial charge >= 0.3 is 6.03 Å². The number of nitrogens with one attached hydrogen (secondary N) is 1. The molecule has 152 valence electrons. The van der Waals surface area contributed by atoms with Crippen molar-refractivity contribution in [1.29, 1.82) is 0 Å². The number of anilines is 2. The SMILES string of the molecule is Cc1ccc(N2C(=O)[C@H](CC(=O)Nc3ccccc3)N(Cc3ccco3)C2=O)cc1. The van der Waals surface area contributed by atoms with Crippen LogP contribution in [0.3, 0.4) is 0 Å². The Bertz CT molecular complexity index is 1050. The van der Waals surface area contributed by atoms with Crippen molar-refractivity contribution in [3.8, 4) is 0 Å². The molecule has 30 heavy (non-hydrogen) atoms. The molecule has 1 saturated heterocycles. The number of hydrogen-bond acceptors (Lipinski definition) is 4. The molecule has 1 atom stereocenters. The molecule has 0 unspecified atom stereocenters. The van der Waals surface area contributed by atoms with E-state index in [-0.39, 0.29) is 18.9 Å². The van der Waals surface area contributed by atoms with Crippen LogP contribution >= 0.6 is 0 Å². The number of furan rings is 1. The molecular weight excluding hydrogens is 382 g/mol. The fraction of sp³-hybridized carbons (Fsp3) is 0.174. The highest BCUT2D eigenvalue weighted by Crippen LogP contribution is 2.29. The Morgan fingerprint density at radius 2 is 1.73 bits per heavy atom. The highest BCUT2D eigenvalue weighted by Gasteiger charge is 2.46. The summed E-state index contributed by atoms with van der Waals surface area (Å²) < 4.78 is 5.36. The fourth-order valence-electron chi connectivity index (χ4n) is 3.42. The van der Waals surface area contributed by atoms with E-state index in [2.05, 4.69) is 5.32 Å². The minimum atomic E-state index is -0.924. The smallest absolute Gasteiger partial charge is 0.332 e. The summed E-state index contributed by atoms with van der Waals surface area (Å²) in [5, 5.41) is 2.77. The van der Waals surface area contributed by atoms with E-state index < -0.39 is 18.0 Å². The number of nitrogens with zero attached hydrogens (tertiary/aromatic N) is 2. The Morgan fingerprint density at radius 3 is 2.40 bits per heavy atom. The van der Waals surface area contributed by atoms with E-state index in [0.717, 1.165) is 10.5 Å². The number of aryl methyl sites for hydroxylation is 1. The van der Waals surface area contributed by atoms with E-state index >= 15 is 0 Å². The first-order valence-electron chi connectivity index (χ1n) is 9.61. The predicted octanol–water partition coefficient (Wildman–Crippen LogP) is 3.95. The zero-order valence-electron chi connectivity index (χ0n) is 16.4. The van der Waals surface area contributed by atoms with E-state index in [4.69, 9.17) is 4.42 Å². The van der Waals surface area contributed by atoms with Gasteiger partial charge in [-0.3, -0.25) is 9.59 Å². The van der Waals surface area contributed by atoms with Gasteiger partial charge in [0.1, 0.15) is 11.8 Å². The Hall–Kier alpha value is -3.87. The average Bonchev–Trinajstić information content (AvgIpc) is 3.33. The zero-order chi connectivity index (χ0) is 21.1. The molecule has 0 aliphatic carbocycles. The van der Waals surface area contributed by atoms with Gasteiger partial charge in [-0.05, 0) is 43.3 Å². The lowest BCUT2D eigenvalue weighted by molar-refractivity contribution is -0.124. The highest BCUT2D eigenvalue weighted by molar-refractivity contribution is 6.22. The summed E-state index contributed by atoms with van der Waals surface area (Å²) in [5.74, 6) is -0.239. The number of amides is 4. The van der Waals surface area contributed by atoms with Gasteiger partial charge in [-0.15, -0.1) is 0 Å². The molecule has 1 aromatic heterocycles. The lowest BCUT2D eigenvalue weighted by atomic mass is 10.1. The monoisotopic (exact) mass is 403 g/mol. The number of carbonyl (C=O) groups excluding carboxylic acids is 3. The van der Waals surface area contributed by atoms with Gasteiger partial charge in [-0.2, -0.15) is 0 Å². The van der Waals surface area contributed by atoms with Crippen LogP contribution in [0.4, 0.5) is 16.2 Å². The number of para-hydroxylation sites is 1. The molecule has 0 spiro atoms. The molecule has 0 radical (unpaired) electrons. The Kier molecular flexibility index (Phi) is 5.34. The van der Waals surface area contributed by atoms with Crippen molar-refractivity contribution in [2.24, 2.45) is 0 Å². The maximum atomic E-state index is 13.2. The van der Waals surface area contributed by atoms with Crippen LogP contribution in [0, 0.1) is 6.92 Å². The minimum absolute atomic E-state index is 0.100. The van der Waals surface area contributed by atoms with Crippen LogP contribution < -0.4 is 10.2 Å². The van der Waals surface area contributed by atoms with E-state index in [1.807, 2.05) is 37.3 Å². The second-order valence-corrected chi connectivity index (χ2v) is 7.13. The summed E-state index contributed by atoms with van der Waals surface area (Å²) in [4.78, 5) is 41.4. The summed E-state index contributed by atoms with van der Waals surface area (Å²) in [5.41, 5.74) is 2.13. The van der Waals surface area contributed by atoms with Gasteiger partial charge in [-0.1, -0.05) is 35.9 Å². The average molecular weight is 403 g/mol. The van der Waals surface area contributed by atoms with Gasteiger partial charge < -0.3 is 14.6 Å². The van der Waals surface area contributed by atoms with Crippen molar-refractivity contribution in [2.45, 2.75) is 25.9 Å². The summed E-state index contributed by atoms with van der Waals surface area (Å²) in [6.45, 7) is 2.03. The van der Waals surface area contributed by atoms with E-state index in [9.17, 15) is 14.4 Å². The Balaban J connectivity index is 1.59. The molecule has 1 fully saturated rings. The second kappa shape index (κ2) is 8.24. The van der Waals surface area contributed by atoms with Gasteiger partial charge in [0.05, 0.1) is 24.9 Å². The topological polar surface area (TPSA) is 82.9 Å². The van der Waals surface area contributed by atoms with Gasteiger partial charge in [0, 0.05) is 5.69 Å². The Labute approximate surface area is 173 Å². The second-order valence-electron chi connectivity index (χ2n) is 7.13. The van der Waals surface area contributed by atoms with E-state index in [1.54, 1.807) is 36.4 Å². The molecule has 3 aromatic rings. The number of imide groups is 1. The van der Waals surface area contributed by atoms with Gasteiger partial charge in [0.15, 0.2) is 0 Å². The third-order valence-corrected chi connectivity index (χ3v) is 4.95. The third-order valence-electron chi connectivity index (χ3n) is 4.95. The van der Waals surface area contributed by atoms with Crippen LogP contribution in [0.15, 0.2) is 77.4 Å². The van der Waals surface area contributed by atoms with Crippen LogP contribution in [-0.4, -0.2) is 28.8 Å².